The number of nitriles is 1. The summed E-state index contributed by atoms with van der Waals surface area (Å²) in [5.41, 5.74) is 0.827. The Labute approximate surface area is 104 Å². The van der Waals surface area contributed by atoms with Gasteiger partial charge in [0, 0.05) is 11.0 Å². The zero-order valence-corrected chi connectivity index (χ0v) is 10.1. The molecule has 1 aromatic rings. The molecule has 0 radical (unpaired) electrons. The average molecular weight is 309 g/mol. The van der Waals surface area contributed by atoms with Crippen molar-refractivity contribution in [3.05, 3.63) is 28.2 Å². The Balaban J connectivity index is 2.50. The summed E-state index contributed by atoms with van der Waals surface area (Å²) in [6.07, 6.45) is -4.63. The van der Waals surface area contributed by atoms with Crippen molar-refractivity contribution in [3.8, 4) is 6.07 Å². The quantitative estimate of drug-likeness (QED) is 0.868. The van der Waals surface area contributed by atoms with Crippen LogP contribution in [0.1, 0.15) is 5.56 Å². The van der Waals surface area contributed by atoms with Gasteiger partial charge in [0.25, 0.3) is 0 Å². The molecule has 7 heteroatoms. The molecule has 0 heterocycles. The van der Waals surface area contributed by atoms with Crippen molar-refractivity contribution in [3.63, 3.8) is 0 Å². The van der Waals surface area contributed by atoms with Crippen LogP contribution in [0.3, 0.4) is 0 Å². The molecule has 3 nitrogen and oxygen atoms in total. The molecule has 17 heavy (non-hydrogen) atoms. The van der Waals surface area contributed by atoms with Gasteiger partial charge in [0.2, 0.25) is 0 Å². The van der Waals surface area contributed by atoms with Crippen molar-refractivity contribution in [2.24, 2.45) is 0 Å². The predicted octanol–water partition coefficient (Wildman–Crippen LogP) is 3.27. The fourth-order valence-corrected chi connectivity index (χ4v) is 1.48. The van der Waals surface area contributed by atoms with E-state index in [0.29, 0.717) is 11.3 Å². The minimum atomic E-state index is -4.63. The maximum Gasteiger partial charge on any atom is 0.522 e. The number of halogens is 4. The van der Waals surface area contributed by atoms with Crippen LogP contribution in [0.4, 0.5) is 18.9 Å². The number of anilines is 1. The lowest BCUT2D eigenvalue weighted by atomic mass is 10.2. The van der Waals surface area contributed by atoms with Gasteiger partial charge in [-0.15, -0.1) is 13.2 Å². The van der Waals surface area contributed by atoms with E-state index < -0.39 is 13.0 Å². The van der Waals surface area contributed by atoms with E-state index in [4.69, 9.17) is 5.26 Å². The zero-order valence-electron chi connectivity index (χ0n) is 8.51. The van der Waals surface area contributed by atoms with Gasteiger partial charge in [-0.25, -0.2) is 0 Å². The maximum absolute atomic E-state index is 11.7. The fraction of sp³-hybridized carbons (Fsp3) is 0.300. The summed E-state index contributed by atoms with van der Waals surface area (Å²) in [6.45, 7) is -0.541. The zero-order chi connectivity index (χ0) is 12.9. The lowest BCUT2D eigenvalue weighted by Gasteiger charge is -2.10. The molecule has 1 rings (SSSR count). The third-order valence-corrected chi connectivity index (χ3v) is 2.28. The van der Waals surface area contributed by atoms with E-state index in [1.165, 1.54) is 0 Å². The van der Waals surface area contributed by atoms with E-state index in [2.05, 4.69) is 26.0 Å². The van der Waals surface area contributed by atoms with Gasteiger partial charge in [-0.3, -0.25) is 4.74 Å². The highest BCUT2D eigenvalue weighted by atomic mass is 79.9. The summed E-state index contributed by atoms with van der Waals surface area (Å²) in [4.78, 5) is 0. The molecule has 0 aliphatic carbocycles. The second-order valence-electron chi connectivity index (χ2n) is 3.02. The molecule has 0 fully saturated rings. The van der Waals surface area contributed by atoms with Crippen molar-refractivity contribution in [1.29, 1.82) is 5.26 Å². The number of nitrogens with zero attached hydrogens (tertiary/aromatic N) is 1. The molecule has 0 spiro atoms. The van der Waals surface area contributed by atoms with Gasteiger partial charge < -0.3 is 5.32 Å². The maximum atomic E-state index is 11.7. The Bertz CT molecular complexity index is 429. The Morgan fingerprint density at radius 2 is 2.12 bits per heavy atom. The highest BCUT2D eigenvalue weighted by Crippen LogP contribution is 2.20. The van der Waals surface area contributed by atoms with Crippen molar-refractivity contribution >= 4 is 21.6 Å². The largest absolute Gasteiger partial charge is 0.522 e. The van der Waals surface area contributed by atoms with Crippen molar-refractivity contribution in [2.45, 2.75) is 6.36 Å². The molecule has 0 unspecified atom stereocenters. The first-order valence-corrected chi connectivity index (χ1v) is 5.36. The van der Waals surface area contributed by atoms with Gasteiger partial charge in [0.15, 0.2) is 0 Å². The van der Waals surface area contributed by atoms with Crippen LogP contribution in [-0.2, 0) is 4.74 Å². The summed E-state index contributed by atoms with van der Waals surface area (Å²) >= 11 is 3.19. The van der Waals surface area contributed by atoms with E-state index in [9.17, 15) is 13.2 Å². The van der Waals surface area contributed by atoms with Crippen LogP contribution >= 0.6 is 15.9 Å². The normalized spacial score (nSPS) is 11.0. The number of hydrogen-bond donors (Lipinski definition) is 1. The highest BCUT2D eigenvalue weighted by molar-refractivity contribution is 9.10. The van der Waals surface area contributed by atoms with Crippen LogP contribution in [0, 0.1) is 11.3 Å². The molecular weight excluding hydrogens is 301 g/mol. The van der Waals surface area contributed by atoms with Gasteiger partial charge in [0.1, 0.15) is 6.07 Å². The number of benzene rings is 1. The Morgan fingerprint density at radius 1 is 1.41 bits per heavy atom. The number of rotatable bonds is 4. The Hall–Kier alpha value is -1.26. The van der Waals surface area contributed by atoms with Gasteiger partial charge in [-0.2, -0.15) is 5.26 Å². The highest BCUT2D eigenvalue weighted by Gasteiger charge is 2.28. The first-order chi connectivity index (χ1) is 7.92. The average Bonchev–Trinajstić information content (AvgIpc) is 2.24. The first kappa shape index (κ1) is 13.8. The van der Waals surface area contributed by atoms with Crippen LogP contribution in [-0.4, -0.2) is 19.5 Å². The summed E-state index contributed by atoms with van der Waals surface area (Å²) in [5.74, 6) is 0. The molecule has 0 saturated carbocycles. The number of ether oxygens (including phenoxy) is 1. The molecule has 1 aromatic carbocycles. The first-order valence-electron chi connectivity index (χ1n) is 4.56. The molecule has 0 aliphatic rings. The fourth-order valence-electron chi connectivity index (χ4n) is 1.12. The van der Waals surface area contributed by atoms with E-state index in [-0.39, 0.29) is 6.54 Å². The van der Waals surface area contributed by atoms with Crippen LogP contribution < -0.4 is 5.32 Å². The number of alkyl halides is 3. The van der Waals surface area contributed by atoms with Crippen molar-refractivity contribution in [2.75, 3.05) is 18.5 Å². The monoisotopic (exact) mass is 308 g/mol. The molecule has 0 aromatic heterocycles. The SMILES string of the molecule is N#Cc1cc(Br)ccc1NCCOC(F)(F)F. The molecule has 92 valence electrons. The topological polar surface area (TPSA) is 45.0 Å². The van der Waals surface area contributed by atoms with Crippen molar-refractivity contribution < 1.29 is 17.9 Å². The van der Waals surface area contributed by atoms with Gasteiger partial charge in [0.05, 0.1) is 17.9 Å². The smallest absolute Gasteiger partial charge is 0.382 e. The molecule has 0 atom stereocenters. The Morgan fingerprint density at radius 3 is 2.71 bits per heavy atom. The predicted molar refractivity (Wildman–Crippen MR) is 59.4 cm³/mol. The molecular formula is C10H8BrF3N2O. The second kappa shape index (κ2) is 5.89. The third kappa shape index (κ3) is 5.06. The summed E-state index contributed by atoms with van der Waals surface area (Å²) in [7, 11) is 0. The molecule has 0 amide bonds. The molecule has 0 aliphatic heterocycles. The molecule has 0 saturated heterocycles. The van der Waals surface area contributed by atoms with E-state index in [0.717, 1.165) is 4.47 Å². The Kier molecular flexibility index (Phi) is 4.78. The number of nitrogens with one attached hydrogen (secondary N) is 1. The van der Waals surface area contributed by atoms with Crippen LogP contribution in [0.5, 0.6) is 0 Å². The van der Waals surface area contributed by atoms with Gasteiger partial charge >= 0.3 is 6.36 Å². The van der Waals surface area contributed by atoms with Crippen LogP contribution in [0.25, 0.3) is 0 Å². The second-order valence-corrected chi connectivity index (χ2v) is 3.94. The lowest BCUT2D eigenvalue weighted by molar-refractivity contribution is -0.322. The van der Waals surface area contributed by atoms with E-state index in [1.807, 2.05) is 6.07 Å². The standard InChI is InChI=1S/C10H8BrF3N2O/c11-8-1-2-9(7(5-8)6-15)16-3-4-17-10(12,13)14/h1-2,5,16H,3-4H2. The van der Waals surface area contributed by atoms with Crippen molar-refractivity contribution in [1.82, 2.24) is 0 Å². The summed E-state index contributed by atoms with van der Waals surface area (Å²) in [5, 5.41) is 11.5. The van der Waals surface area contributed by atoms with Crippen LogP contribution in [0.2, 0.25) is 0 Å². The minimum Gasteiger partial charge on any atom is -0.382 e. The minimum absolute atomic E-state index is 0.0319. The molecule has 1 N–H and O–H groups in total. The van der Waals surface area contributed by atoms with Gasteiger partial charge in [-0.05, 0) is 18.2 Å². The van der Waals surface area contributed by atoms with E-state index in [1.54, 1.807) is 18.2 Å². The molecule has 0 bridgehead atoms. The lowest BCUT2D eigenvalue weighted by Crippen LogP contribution is -2.19. The number of hydrogen-bond acceptors (Lipinski definition) is 3. The van der Waals surface area contributed by atoms with E-state index >= 15 is 0 Å². The third-order valence-electron chi connectivity index (χ3n) is 1.79. The summed E-state index contributed by atoms with van der Waals surface area (Å²) < 4.78 is 39.3. The van der Waals surface area contributed by atoms with Gasteiger partial charge in [-0.1, -0.05) is 15.9 Å². The van der Waals surface area contributed by atoms with Crippen LogP contribution in [0.15, 0.2) is 22.7 Å². The summed E-state index contributed by atoms with van der Waals surface area (Å²) in [6, 6.07) is 6.81.